The molecule has 0 aliphatic heterocycles. The zero-order chi connectivity index (χ0) is 15.1. The third-order valence-corrected chi connectivity index (χ3v) is 3.23. The summed E-state index contributed by atoms with van der Waals surface area (Å²) in [5, 5.41) is 11.3. The van der Waals surface area contributed by atoms with Crippen molar-refractivity contribution < 1.29 is 9.15 Å². The molecule has 1 atom stereocenters. The smallest absolute Gasteiger partial charge is 0.253 e. The van der Waals surface area contributed by atoms with Crippen molar-refractivity contribution in [3.05, 3.63) is 41.6 Å². The van der Waals surface area contributed by atoms with Crippen LogP contribution in [0.2, 0.25) is 0 Å². The first-order chi connectivity index (χ1) is 10.2. The van der Waals surface area contributed by atoms with Crippen molar-refractivity contribution in [1.29, 1.82) is 0 Å². The zero-order valence-corrected chi connectivity index (χ0v) is 12.9. The molecular formula is C16H23N3O2. The number of ether oxygens (including phenoxy) is 1. The molecule has 1 aromatic heterocycles. The summed E-state index contributed by atoms with van der Waals surface area (Å²) in [4.78, 5) is 0. The molecule has 0 bridgehead atoms. The van der Waals surface area contributed by atoms with Crippen LogP contribution in [0.15, 0.2) is 28.7 Å². The highest BCUT2D eigenvalue weighted by Crippen LogP contribution is 2.20. The van der Waals surface area contributed by atoms with Gasteiger partial charge in [-0.25, -0.2) is 0 Å². The molecule has 1 heterocycles. The summed E-state index contributed by atoms with van der Waals surface area (Å²) in [6.07, 6.45) is 1.86. The van der Waals surface area contributed by atoms with Crippen molar-refractivity contribution in [2.24, 2.45) is 0 Å². The molecule has 5 nitrogen and oxygen atoms in total. The number of nitrogens with one attached hydrogen (secondary N) is 1. The molecule has 2 rings (SSSR count). The predicted octanol–water partition coefficient (Wildman–Crippen LogP) is 3.27. The molecule has 0 saturated heterocycles. The molecule has 0 aliphatic carbocycles. The minimum atomic E-state index is 0.299. The molecule has 1 N–H and O–H groups in total. The fraction of sp³-hybridized carbons (Fsp3) is 0.500. The third kappa shape index (κ3) is 4.56. The molecule has 1 aromatic carbocycles. The van der Waals surface area contributed by atoms with Crippen molar-refractivity contribution in [3.8, 4) is 5.75 Å². The summed E-state index contributed by atoms with van der Waals surface area (Å²) in [6.45, 7) is 7.60. The van der Waals surface area contributed by atoms with Gasteiger partial charge in [0, 0.05) is 12.5 Å². The van der Waals surface area contributed by atoms with E-state index in [0.717, 1.165) is 25.1 Å². The molecule has 2 aromatic rings. The predicted molar refractivity (Wildman–Crippen MR) is 81.2 cm³/mol. The zero-order valence-electron chi connectivity index (χ0n) is 12.9. The van der Waals surface area contributed by atoms with Gasteiger partial charge < -0.3 is 14.5 Å². The van der Waals surface area contributed by atoms with Crippen LogP contribution >= 0.6 is 0 Å². The summed E-state index contributed by atoms with van der Waals surface area (Å²) in [7, 11) is 0. The largest absolute Gasteiger partial charge is 0.484 e. The summed E-state index contributed by atoms with van der Waals surface area (Å²) in [5.74, 6) is 1.96. The molecule has 0 amide bonds. The molecule has 114 valence electrons. The number of hydrogen-bond acceptors (Lipinski definition) is 5. The minimum absolute atomic E-state index is 0.299. The number of aryl methyl sites for hydroxylation is 1. The third-order valence-electron chi connectivity index (χ3n) is 3.23. The van der Waals surface area contributed by atoms with Crippen LogP contribution in [0.4, 0.5) is 0 Å². The van der Waals surface area contributed by atoms with E-state index in [4.69, 9.17) is 9.15 Å². The Kier molecular flexibility index (Phi) is 5.75. The van der Waals surface area contributed by atoms with E-state index in [1.165, 1.54) is 5.56 Å². The lowest BCUT2D eigenvalue weighted by Gasteiger charge is -2.14. The van der Waals surface area contributed by atoms with Crippen LogP contribution < -0.4 is 10.1 Å². The number of rotatable bonds is 8. The van der Waals surface area contributed by atoms with Gasteiger partial charge in [-0.05, 0) is 37.6 Å². The summed E-state index contributed by atoms with van der Waals surface area (Å²) >= 11 is 0. The molecule has 0 fully saturated rings. The van der Waals surface area contributed by atoms with E-state index < -0.39 is 0 Å². The van der Waals surface area contributed by atoms with Gasteiger partial charge in [0.15, 0.2) is 6.61 Å². The lowest BCUT2D eigenvalue weighted by Crippen LogP contribution is -2.19. The number of hydrogen-bond donors (Lipinski definition) is 1. The molecule has 0 aliphatic rings. The van der Waals surface area contributed by atoms with Crippen molar-refractivity contribution in [1.82, 2.24) is 15.5 Å². The van der Waals surface area contributed by atoms with Gasteiger partial charge >= 0.3 is 0 Å². The first kappa shape index (κ1) is 15.5. The standard InChI is InChI=1S/C16H23N3O2/c1-4-9-17-12(3)13-7-6-8-14(10-13)20-11-16-19-18-15(5-2)21-16/h6-8,10,12,17H,4-5,9,11H2,1-3H3. The normalized spacial score (nSPS) is 12.3. The summed E-state index contributed by atoms with van der Waals surface area (Å²) < 4.78 is 11.1. The Morgan fingerprint density at radius 2 is 2.05 bits per heavy atom. The Hall–Kier alpha value is -1.88. The Balaban J connectivity index is 1.94. The van der Waals surface area contributed by atoms with E-state index in [9.17, 15) is 0 Å². The van der Waals surface area contributed by atoms with Gasteiger partial charge in [-0.15, -0.1) is 10.2 Å². The molecule has 21 heavy (non-hydrogen) atoms. The quantitative estimate of drug-likeness (QED) is 0.808. The Morgan fingerprint density at radius 3 is 2.76 bits per heavy atom. The number of aromatic nitrogens is 2. The highest BCUT2D eigenvalue weighted by Gasteiger charge is 2.07. The highest BCUT2D eigenvalue weighted by molar-refractivity contribution is 5.30. The molecule has 0 spiro atoms. The SMILES string of the molecule is CCCNC(C)c1cccc(OCc2nnc(CC)o2)c1. The van der Waals surface area contributed by atoms with Crippen LogP contribution in [0.1, 0.15) is 50.6 Å². The Labute approximate surface area is 125 Å². The van der Waals surface area contributed by atoms with Gasteiger partial charge in [0.05, 0.1) is 0 Å². The van der Waals surface area contributed by atoms with Crippen LogP contribution in [0, 0.1) is 0 Å². The van der Waals surface area contributed by atoms with Gasteiger partial charge in [-0.2, -0.15) is 0 Å². The minimum Gasteiger partial charge on any atom is -0.484 e. The molecular weight excluding hydrogens is 266 g/mol. The maximum absolute atomic E-state index is 5.72. The fourth-order valence-electron chi connectivity index (χ4n) is 1.99. The van der Waals surface area contributed by atoms with Gasteiger partial charge in [0.1, 0.15) is 5.75 Å². The molecule has 5 heteroatoms. The Morgan fingerprint density at radius 1 is 1.24 bits per heavy atom. The summed E-state index contributed by atoms with van der Waals surface area (Å²) in [6, 6.07) is 8.39. The second-order valence-electron chi connectivity index (χ2n) is 4.98. The van der Waals surface area contributed by atoms with Crippen LogP contribution in [0.25, 0.3) is 0 Å². The number of benzene rings is 1. The van der Waals surface area contributed by atoms with E-state index in [0.29, 0.717) is 24.4 Å². The van der Waals surface area contributed by atoms with E-state index in [2.05, 4.69) is 35.4 Å². The average molecular weight is 289 g/mol. The molecule has 0 saturated carbocycles. The van der Waals surface area contributed by atoms with Gasteiger partial charge in [-0.1, -0.05) is 26.0 Å². The van der Waals surface area contributed by atoms with Crippen LogP contribution in [-0.2, 0) is 13.0 Å². The Bertz CT molecular complexity index is 554. The maximum atomic E-state index is 5.72. The molecule has 1 unspecified atom stereocenters. The second-order valence-corrected chi connectivity index (χ2v) is 4.98. The highest BCUT2D eigenvalue weighted by atomic mass is 16.5. The monoisotopic (exact) mass is 289 g/mol. The van der Waals surface area contributed by atoms with Crippen LogP contribution in [-0.4, -0.2) is 16.7 Å². The van der Waals surface area contributed by atoms with E-state index in [1.54, 1.807) is 0 Å². The van der Waals surface area contributed by atoms with E-state index in [1.807, 2.05) is 25.1 Å². The second kappa shape index (κ2) is 7.78. The van der Waals surface area contributed by atoms with Crippen molar-refractivity contribution >= 4 is 0 Å². The van der Waals surface area contributed by atoms with Crippen molar-refractivity contribution in [3.63, 3.8) is 0 Å². The fourth-order valence-corrected chi connectivity index (χ4v) is 1.99. The van der Waals surface area contributed by atoms with Gasteiger partial charge in [0.2, 0.25) is 5.89 Å². The van der Waals surface area contributed by atoms with E-state index in [-0.39, 0.29) is 0 Å². The van der Waals surface area contributed by atoms with E-state index >= 15 is 0 Å². The number of nitrogens with zero attached hydrogens (tertiary/aromatic N) is 2. The first-order valence-corrected chi connectivity index (χ1v) is 7.50. The summed E-state index contributed by atoms with van der Waals surface area (Å²) in [5.41, 5.74) is 1.21. The van der Waals surface area contributed by atoms with Crippen LogP contribution in [0.5, 0.6) is 5.75 Å². The molecule has 0 radical (unpaired) electrons. The topological polar surface area (TPSA) is 60.2 Å². The maximum Gasteiger partial charge on any atom is 0.253 e. The van der Waals surface area contributed by atoms with Crippen molar-refractivity contribution in [2.45, 2.75) is 46.3 Å². The first-order valence-electron chi connectivity index (χ1n) is 7.50. The average Bonchev–Trinajstić information content (AvgIpc) is 2.99. The van der Waals surface area contributed by atoms with Gasteiger partial charge in [0.25, 0.3) is 5.89 Å². The lowest BCUT2D eigenvalue weighted by atomic mass is 10.1. The van der Waals surface area contributed by atoms with Crippen molar-refractivity contribution in [2.75, 3.05) is 6.54 Å². The van der Waals surface area contributed by atoms with Gasteiger partial charge in [-0.3, -0.25) is 0 Å². The van der Waals surface area contributed by atoms with Crippen LogP contribution in [0.3, 0.4) is 0 Å². The lowest BCUT2D eigenvalue weighted by molar-refractivity contribution is 0.259.